The minimum atomic E-state index is -0.440. The van der Waals surface area contributed by atoms with Gasteiger partial charge in [-0.2, -0.15) is 0 Å². The van der Waals surface area contributed by atoms with E-state index >= 15 is 0 Å². The van der Waals surface area contributed by atoms with Gasteiger partial charge in [0.05, 0.1) is 11.6 Å². The highest BCUT2D eigenvalue weighted by atomic mass is 16.3. The van der Waals surface area contributed by atoms with E-state index in [0.29, 0.717) is 35.0 Å². The molecule has 7 heteroatoms. The van der Waals surface area contributed by atoms with Crippen LogP contribution in [0.5, 0.6) is 0 Å². The van der Waals surface area contributed by atoms with Gasteiger partial charge in [-0.25, -0.2) is 9.78 Å². The third-order valence-corrected chi connectivity index (χ3v) is 4.70. The number of hydrogen-bond acceptors (Lipinski definition) is 5. The molecule has 0 saturated carbocycles. The summed E-state index contributed by atoms with van der Waals surface area (Å²) in [5.41, 5.74) is 0.541. The lowest BCUT2D eigenvalue weighted by Crippen LogP contribution is -2.38. The van der Waals surface area contributed by atoms with Gasteiger partial charge in [0.1, 0.15) is 11.4 Å². The summed E-state index contributed by atoms with van der Waals surface area (Å²) in [6.45, 7) is 0. The van der Waals surface area contributed by atoms with Crippen LogP contribution in [0.25, 0.3) is 11.0 Å². The van der Waals surface area contributed by atoms with E-state index in [0.717, 1.165) is 10.3 Å². The second-order valence-corrected chi connectivity index (χ2v) is 6.10. The summed E-state index contributed by atoms with van der Waals surface area (Å²) in [5, 5.41) is 0.335. The zero-order valence-electron chi connectivity index (χ0n) is 13.3. The number of aromatic nitrogens is 3. The number of furan rings is 1. The van der Waals surface area contributed by atoms with Crippen LogP contribution in [0.3, 0.4) is 0 Å². The summed E-state index contributed by atoms with van der Waals surface area (Å²) >= 11 is 0. The number of pyridine rings is 1. The van der Waals surface area contributed by atoms with Crippen molar-refractivity contribution in [2.24, 2.45) is 14.1 Å². The number of fused-ring (bicyclic) bond motifs is 3. The number of carbonyl (C=O) groups is 1. The first-order valence-corrected chi connectivity index (χ1v) is 7.63. The topological polar surface area (TPSA) is 87.1 Å². The second-order valence-electron chi connectivity index (χ2n) is 6.10. The van der Waals surface area contributed by atoms with E-state index < -0.39 is 11.2 Å². The smallest absolute Gasteiger partial charge is 0.332 e. The van der Waals surface area contributed by atoms with Gasteiger partial charge in [0.2, 0.25) is 0 Å². The Kier molecular flexibility index (Phi) is 3.06. The fraction of sp³-hybridized carbons (Fsp3) is 0.294. The van der Waals surface area contributed by atoms with Gasteiger partial charge in [-0.3, -0.25) is 18.7 Å². The van der Waals surface area contributed by atoms with Crippen molar-refractivity contribution in [2.75, 3.05) is 0 Å². The molecule has 1 aliphatic rings. The van der Waals surface area contributed by atoms with Gasteiger partial charge in [0.15, 0.2) is 5.78 Å². The number of carbonyl (C=O) groups excluding carboxylic acids is 1. The zero-order valence-corrected chi connectivity index (χ0v) is 13.3. The van der Waals surface area contributed by atoms with Gasteiger partial charge in [-0.1, -0.05) is 0 Å². The van der Waals surface area contributed by atoms with Crippen molar-refractivity contribution >= 4 is 16.8 Å². The van der Waals surface area contributed by atoms with Gasteiger partial charge in [0.25, 0.3) is 5.56 Å². The largest absolute Gasteiger partial charge is 0.469 e. The minimum absolute atomic E-state index is 0.0667. The van der Waals surface area contributed by atoms with Crippen LogP contribution in [-0.2, 0) is 20.5 Å². The molecular weight excluding hydrogens is 310 g/mol. The average molecular weight is 325 g/mol. The Morgan fingerprint density at radius 2 is 1.96 bits per heavy atom. The van der Waals surface area contributed by atoms with Crippen LogP contribution in [0.4, 0.5) is 0 Å². The molecule has 0 aliphatic heterocycles. The molecule has 7 nitrogen and oxygen atoms in total. The van der Waals surface area contributed by atoms with E-state index in [1.165, 1.54) is 17.8 Å². The van der Waals surface area contributed by atoms with E-state index in [2.05, 4.69) is 4.98 Å². The first-order valence-electron chi connectivity index (χ1n) is 7.63. The van der Waals surface area contributed by atoms with Crippen LogP contribution in [0, 0.1) is 0 Å². The van der Waals surface area contributed by atoms with Gasteiger partial charge >= 0.3 is 5.69 Å². The van der Waals surface area contributed by atoms with Crippen molar-refractivity contribution < 1.29 is 9.21 Å². The van der Waals surface area contributed by atoms with E-state index in [1.807, 2.05) is 6.07 Å². The van der Waals surface area contributed by atoms with E-state index in [9.17, 15) is 14.4 Å². The Bertz CT molecular complexity index is 1090. The molecular formula is C17H15N3O4. The molecule has 0 fully saturated rings. The first-order chi connectivity index (χ1) is 11.5. The molecule has 24 heavy (non-hydrogen) atoms. The third kappa shape index (κ3) is 1.90. The normalized spacial score (nSPS) is 17.2. The minimum Gasteiger partial charge on any atom is -0.469 e. The van der Waals surface area contributed by atoms with Crippen molar-refractivity contribution in [1.29, 1.82) is 0 Å². The Hall–Kier alpha value is -2.96. The fourth-order valence-corrected chi connectivity index (χ4v) is 3.42. The van der Waals surface area contributed by atoms with Crippen LogP contribution in [-0.4, -0.2) is 19.9 Å². The first kappa shape index (κ1) is 14.6. The molecule has 3 aromatic heterocycles. The van der Waals surface area contributed by atoms with E-state index in [4.69, 9.17) is 4.42 Å². The maximum absolute atomic E-state index is 12.6. The number of rotatable bonds is 1. The highest BCUT2D eigenvalue weighted by Crippen LogP contribution is 2.34. The molecule has 3 heterocycles. The second kappa shape index (κ2) is 5.02. The van der Waals surface area contributed by atoms with Crippen LogP contribution in [0.1, 0.15) is 34.0 Å². The monoisotopic (exact) mass is 325 g/mol. The molecule has 0 radical (unpaired) electrons. The quantitative estimate of drug-likeness (QED) is 0.669. The zero-order chi connectivity index (χ0) is 17.0. The Balaban J connectivity index is 2.04. The van der Waals surface area contributed by atoms with Crippen molar-refractivity contribution in [1.82, 2.24) is 14.1 Å². The van der Waals surface area contributed by atoms with Crippen LogP contribution in [0.15, 0.2) is 38.6 Å². The fourth-order valence-electron chi connectivity index (χ4n) is 3.42. The number of hydrogen-bond donors (Lipinski definition) is 0. The number of ketones is 1. The molecule has 0 spiro atoms. The summed E-state index contributed by atoms with van der Waals surface area (Å²) < 4.78 is 7.82. The lowest BCUT2D eigenvalue weighted by Gasteiger charge is -2.23. The van der Waals surface area contributed by atoms with E-state index in [-0.39, 0.29) is 11.7 Å². The molecule has 122 valence electrons. The van der Waals surface area contributed by atoms with Crippen LogP contribution < -0.4 is 11.2 Å². The molecule has 0 bridgehead atoms. The Morgan fingerprint density at radius 1 is 1.17 bits per heavy atom. The number of aryl methyl sites for hydroxylation is 1. The molecule has 1 unspecified atom stereocenters. The van der Waals surface area contributed by atoms with Crippen molar-refractivity contribution in [2.45, 2.75) is 18.8 Å². The van der Waals surface area contributed by atoms with Crippen LogP contribution in [0.2, 0.25) is 0 Å². The molecule has 1 atom stereocenters. The van der Waals surface area contributed by atoms with Gasteiger partial charge in [-0.15, -0.1) is 0 Å². The molecule has 0 amide bonds. The predicted octanol–water partition coefficient (Wildman–Crippen LogP) is 1.14. The number of Topliss-reactive ketones (excluding diaryl/α,β-unsaturated/α-hetero) is 1. The van der Waals surface area contributed by atoms with Crippen molar-refractivity contribution in [3.05, 3.63) is 62.3 Å². The lowest BCUT2D eigenvalue weighted by molar-refractivity contribution is 0.0960. The standard InChI is InChI=1S/C17H15N3O4/c1-19-15-14(16(22)20(2)17(19)23)10-6-9(13-4-3-5-24-13)7-12(21)11(10)8-18-15/h3-5,8-9H,6-7H2,1-2H3. The molecule has 0 saturated heterocycles. The maximum atomic E-state index is 12.6. The highest BCUT2D eigenvalue weighted by molar-refractivity contribution is 6.02. The molecule has 3 aromatic rings. The van der Waals surface area contributed by atoms with Crippen molar-refractivity contribution in [3.63, 3.8) is 0 Å². The lowest BCUT2D eigenvalue weighted by atomic mass is 9.81. The van der Waals surface area contributed by atoms with Crippen LogP contribution >= 0.6 is 0 Å². The Labute approximate surface area is 136 Å². The SMILES string of the molecule is Cn1c(=O)c2c3c(cnc2n(C)c1=O)C(=O)CC(c1ccco1)C3. The molecule has 0 aromatic carbocycles. The van der Waals surface area contributed by atoms with Crippen molar-refractivity contribution in [3.8, 4) is 0 Å². The Morgan fingerprint density at radius 3 is 2.67 bits per heavy atom. The average Bonchev–Trinajstić information content (AvgIpc) is 3.11. The summed E-state index contributed by atoms with van der Waals surface area (Å²) in [4.78, 5) is 41.5. The van der Waals surface area contributed by atoms with Gasteiger partial charge in [0, 0.05) is 38.2 Å². The number of nitrogens with zero attached hydrogens (tertiary/aromatic N) is 3. The summed E-state index contributed by atoms with van der Waals surface area (Å²) in [7, 11) is 3.00. The molecule has 0 N–H and O–H groups in total. The third-order valence-electron chi connectivity index (χ3n) is 4.70. The highest BCUT2D eigenvalue weighted by Gasteiger charge is 2.31. The molecule has 4 rings (SSSR count). The van der Waals surface area contributed by atoms with Gasteiger partial charge < -0.3 is 4.42 Å². The molecule has 1 aliphatic carbocycles. The van der Waals surface area contributed by atoms with Gasteiger partial charge in [-0.05, 0) is 24.1 Å². The predicted molar refractivity (Wildman–Crippen MR) is 86.3 cm³/mol. The van der Waals surface area contributed by atoms with E-state index in [1.54, 1.807) is 19.4 Å². The summed E-state index contributed by atoms with van der Waals surface area (Å²) in [5.74, 6) is 0.538. The maximum Gasteiger partial charge on any atom is 0.332 e. The summed E-state index contributed by atoms with van der Waals surface area (Å²) in [6, 6.07) is 3.61. The summed E-state index contributed by atoms with van der Waals surface area (Å²) in [6.07, 6.45) is 3.86.